The number of nitrogens with zero attached hydrogens (tertiary/aromatic N) is 2. The first-order chi connectivity index (χ1) is 10.1. The van der Waals surface area contributed by atoms with Gasteiger partial charge < -0.3 is 15.2 Å². The van der Waals surface area contributed by atoms with Gasteiger partial charge in [0, 0.05) is 43.7 Å². The molecule has 108 valence electrons. The topological polar surface area (TPSA) is 68.3 Å². The van der Waals surface area contributed by atoms with Crippen molar-refractivity contribution in [1.82, 2.24) is 9.47 Å². The summed E-state index contributed by atoms with van der Waals surface area (Å²) < 4.78 is 1.44. The van der Waals surface area contributed by atoms with Crippen molar-refractivity contribution < 1.29 is 4.79 Å². The molecular weight excluding hydrogens is 266 g/mol. The van der Waals surface area contributed by atoms with Crippen LogP contribution < -0.4 is 11.3 Å². The van der Waals surface area contributed by atoms with E-state index in [1.807, 2.05) is 18.2 Å². The van der Waals surface area contributed by atoms with E-state index in [1.165, 1.54) is 16.2 Å². The van der Waals surface area contributed by atoms with Crippen molar-refractivity contribution >= 4 is 11.6 Å². The van der Waals surface area contributed by atoms with Gasteiger partial charge >= 0.3 is 0 Å². The summed E-state index contributed by atoms with van der Waals surface area (Å²) in [6, 6.07) is 8.89. The summed E-state index contributed by atoms with van der Waals surface area (Å²) >= 11 is 0. The first-order valence-corrected chi connectivity index (χ1v) is 6.88. The molecule has 2 aromatic rings. The maximum Gasteiger partial charge on any atom is 0.254 e. The number of carbonyl (C=O) groups excluding carboxylic acids is 1. The zero-order chi connectivity index (χ0) is 15.0. The molecule has 1 amide bonds. The molecule has 0 spiro atoms. The standard InChI is InChI=1S/C16H17N3O2/c1-18-7-5-12(9-15(18)20)16(21)19-8-6-11-3-2-4-14(17)13(11)10-19/h2-5,7,9H,6,8,10,17H2,1H3. The summed E-state index contributed by atoms with van der Waals surface area (Å²) in [5, 5.41) is 0. The number of hydrogen-bond donors (Lipinski definition) is 1. The van der Waals surface area contributed by atoms with E-state index in [1.54, 1.807) is 24.2 Å². The van der Waals surface area contributed by atoms with Crippen molar-refractivity contribution in [3.8, 4) is 0 Å². The van der Waals surface area contributed by atoms with E-state index in [4.69, 9.17) is 5.73 Å². The van der Waals surface area contributed by atoms with Crippen molar-refractivity contribution in [2.45, 2.75) is 13.0 Å². The molecule has 1 aliphatic rings. The van der Waals surface area contributed by atoms with E-state index in [2.05, 4.69) is 0 Å². The monoisotopic (exact) mass is 283 g/mol. The number of benzene rings is 1. The second kappa shape index (κ2) is 5.09. The van der Waals surface area contributed by atoms with E-state index in [-0.39, 0.29) is 11.5 Å². The normalized spacial score (nSPS) is 13.9. The van der Waals surface area contributed by atoms with Crippen molar-refractivity contribution in [2.75, 3.05) is 12.3 Å². The minimum absolute atomic E-state index is 0.124. The molecule has 1 aromatic carbocycles. The predicted octanol–water partition coefficient (Wildman–Crippen LogP) is 1.17. The van der Waals surface area contributed by atoms with Crippen molar-refractivity contribution in [3.63, 3.8) is 0 Å². The quantitative estimate of drug-likeness (QED) is 0.799. The summed E-state index contributed by atoms with van der Waals surface area (Å²) in [6.07, 6.45) is 2.40. The van der Waals surface area contributed by atoms with Gasteiger partial charge in [-0.15, -0.1) is 0 Å². The first-order valence-electron chi connectivity index (χ1n) is 6.88. The van der Waals surface area contributed by atoms with E-state index in [9.17, 15) is 9.59 Å². The number of amides is 1. The number of rotatable bonds is 1. The van der Waals surface area contributed by atoms with Gasteiger partial charge in [0.15, 0.2) is 0 Å². The summed E-state index contributed by atoms with van der Waals surface area (Å²) in [5.74, 6) is -0.124. The Morgan fingerprint density at radius 2 is 2.10 bits per heavy atom. The van der Waals surface area contributed by atoms with Crippen LogP contribution in [0.4, 0.5) is 5.69 Å². The molecule has 1 aromatic heterocycles. The number of carbonyl (C=O) groups is 1. The molecule has 0 radical (unpaired) electrons. The number of aromatic nitrogens is 1. The van der Waals surface area contributed by atoms with Crippen LogP contribution in [0.2, 0.25) is 0 Å². The molecule has 0 saturated heterocycles. The number of aryl methyl sites for hydroxylation is 1. The lowest BCUT2D eigenvalue weighted by molar-refractivity contribution is 0.0735. The third-order valence-electron chi connectivity index (χ3n) is 3.95. The van der Waals surface area contributed by atoms with Gasteiger partial charge in [0.05, 0.1) is 0 Å². The number of anilines is 1. The number of pyridine rings is 1. The Hall–Kier alpha value is -2.56. The SMILES string of the molecule is Cn1ccc(C(=O)N2CCc3cccc(N)c3C2)cc1=O. The van der Waals surface area contributed by atoms with Crippen LogP contribution in [0, 0.1) is 0 Å². The van der Waals surface area contributed by atoms with Gasteiger partial charge in [-0.2, -0.15) is 0 Å². The molecule has 0 fully saturated rings. The largest absolute Gasteiger partial charge is 0.398 e. The minimum Gasteiger partial charge on any atom is -0.398 e. The molecule has 3 rings (SSSR count). The minimum atomic E-state index is -0.183. The van der Waals surface area contributed by atoms with E-state index >= 15 is 0 Å². The lowest BCUT2D eigenvalue weighted by Gasteiger charge is -2.29. The van der Waals surface area contributed by atoms with Crippen LogP contribution in [0.5, 0.6) is 0 Å². The first kappa shape index (κ1) is 13.4. The van der Waals surface area contributed by atoms with Crippen molar-refractivity contribution in [3.05, 3.63) is 63.6 Å². The average molecular weight is 283 g/mol. The van der Waals surface area contributed by atoms with E-state index in [0.29, 0.717) is 24.3 Å². The number of nitrogen functional groups attached to an aromatic ring is 1. The van der Waals surface area contributed by atoms with Gasteiger partial charge in [-0.3, -0.25) is 9.59 Å². The molecule has 0 aliphatic carbocycles. The smallest absolute Gasteiger partial charge is 0.254 e. The van der Waals surface area contributed by atoms with Gasteiger partial charge in [-0.25, -0.2) is 0 Å². The third kappa shape index (κ3) is 2.42. The van der Waals surface area contributed by atoms with Crippen LogP contribution in [0.15, 0.2) is 41.3 Å². The van der Waals surface area contributed by atoms with Crippen molar-refractivity contribution in [1.29, 1.82) is 0 Å². The Kier molecular flexibility index (Phi) is 3.25. The third-order valence-corrected chi connectivity index (χ3v) is 3.95. The van der Waals surface area contributed by atoms with Crippen LogP contribution in [0.3, 0.4) is 0 Å². The average Bonchev–Trinajstić information content (AvgIpc) is 2.49. The fourth-order valence-corrected chi connectivity index (χ4v) is 2.64. The second-order valence-electron chi connectivity index (χ2n) is 5.33. The lowest BCUT2D eigenvalue weighted by Crippen LogP contribution is -2.37. The molecule has 2 N–H and O–H groups in total. The molecule has 2 heterocycles. The fraction of sp³-hybridized carbons (Fsp3) is 0.250. The maximum absolute atomic E-state index is 12.5. The Morgan fingerprint density at radius 1 is 1.29 bits per heavy atom. The van der Waals surface area contributed by atoms with Gasteiger partial charge in [-0.1, -0.05) is 12.1 Å². The van der Waals surface area contributed by atoms with Gasteiger partial charge in [0.1, 0.15) is 0 Å². The molecule has 0 unspecified atom stereocenters. The van der Waals surface area contributed by atoms with Gasteiger partial charge in [0.2, 0.25) is 0 Å². The zero-order valence-electron chi connectivity index (χ0n) is 11.9. The van der Waals surface area contributed by atoms with E-state index in [0.717, 1.165) is 12.0 Å². The van der Waals surface area contributed by atoms with Crippen LogP contribution in [-0.4, -0.2) is 21.9 Å². The Balaban J connectivity index is 1.88. The van der Waals surface area contributed by atoms with Crippen LogP contribution in [0.1, 0.15) is 21.5 Å². The molecule has 0 atom stereocenters. The highest BCUT2D eigenvalue weighted by Crippen LogP contribution is 2.25. The Labute approximate surface area is 122 Å². The fourth-order valence-electron chi connectivity index (χ4n) is 2.64. The summed E-state index contributed by atoms with van der Waals surface area (Å²) in [7, 11) is 1.66. The van der Waals surface area contributed by atoms with E-state index < -0.39 is 0 Å². The molecule has 0 bridgehead atoms. The van der Waals surface area contributed by atoms with Crippen LogP contribution >= 0.6 is 0 Å². The van der Waals surface area contributed by atoms with Crippen LogP contribution in [-0.2, 0) is 20.0 Å². The number of fused-ring (bicyclic) bond motifs is 1. The van der Waals surface area contributed by atoms with Gasteiger partial charge in [0.25, 0.3) is 11.5 Å². The zero-order valence-corrected chi connectivity index (χ0v) is 11.9. The lowest BCUT2D eigenvalue weighted by atomic mass is 9.97. The maximum atomic E-state index is 12.5. The summed E-state index contributed by atoms with van der Waals surface area (Å²) in [5.41, 5.74) is 9.17. The number of hydrogen-bond acceptors (Lipinski definition) is 3. The highest BCUT2D eigenvalue weighted by Gasteiger charge is 2.23. The van der Waals surface area contributed by atoms with Crippen molar-refractivity contribution in [2.24, 2.45) is 7.05 Å². The molecule has 5 nitrogen and oxygen atoms in total. The molecule has 0 saturated carbocycles. The Bertz CT molecular complexity index is 764. The molecule has 21 heavy (non-hydrogen) atoms. The molecular formula is C16H17N3O2. The highest BCUT2D eigenvalue weighted by molar-refractivity contribution is 5.94. The predicted molar refractivity (Wildman–Crippen MR) is 81.0 cm³/mol. The second-order valence-corrected chi connectivity index (χ2v) is 5.33. The number of nitrogens with two attached hydrogens (primary N) is 1. The van der Waals surface area contributed by atoms with Gasteiger partial charge in [-0.05, 0) is 29.7 Å². The summed E-state index contributed by atoms with van der Waals surface area (Å²) in [6.45, 7) is 1.14. The molecule has 1 aliphatic heterocycles. The van der Waals surface area contributed by atoms with Crippen LogP contribution in [0.25, 0.3) is 0 Å². The molecule has 5 heteroatoms. The highest BCUT2D eigenvalue weighted by atomic mass is 16.2. The summed E-state index contributed by atoms with van der Waals surface area (Å²) in [4.78, 5) is 25.9. The Morgan fingerprint density at radius 3 is 2.86 bits per heavy atom.